The number of carbonyl (C=O) groups is 4. The first-order chi connectivity index (χ1) is 31.2. The van der Waals surface area contributed by atoms with Gasteiger partial charge in [-0.2, -0.15) is 0 Å². The lowest BCUT2D eigenvalue weighted by Crippen LogP contribution is -2.42. The summed E-state index contributed by atoms with van der Waals surface area (Å²) in [6, 6.07) is 40.1. The van der Waals surface area contributed by atoms with Crippen molar-refractivity contribution in [3.63, 3.8) is 0 Å². The van der Waals surface area contributed by atoms with Crippen molar-refractivity contribution in [3.8, 4) is 22.3 Å². The van der Waals surface area contributed by atoms with Gasteiger partial charge in [-0.25, -0.2) is 19.6 Å². The Bertz CT molecular complexity index is 2870. The summed E-state index contributed by atoms with van der Waals surface area (Å²) in [5.74, 6) is 0.722. The normalized spacial score (nSPS) is 17.2. The molecule has 8 aromatic rings. The van der Waals surface area contributed by atoms with Gasteiger partial charge in [0.15, 0.2) is 0 Å². The van der Waals surface area contributed by atoms with Crippen LogP contribution in [0.3, 0.4) is 0 Å². The molecule has 2 aliphatic rings. The fraction of sp³-hybridized carbons (Fsp3) is 0.200. The highest BCUT2D eigenvalue weighted by Crippen LogP contribution is 2.37. The molecule has 14 nitrogen and oxygen atoms in total. The van der Waals surface area contributed by atoms with E-state index in [2.05, 4.69) is 69.1 Å². The molecule has 4 heterocycles. The maximum Gasteiger partial charge on any atom is 0.405 e. The lowest BCUT2D eigenvalue weighted by molar-refractivity contribution is -0.135. The summed E-state index contributed by atoms with van der Waals surface area (Å²) in [5, 5.41) is 26.1. The number of H-pyrrole nitrogens is 2. The first-order valence-corrected chi connectivity index (χ1v) is 21.4. The number of hydrogen-bond acceptors (Lipinski definition) is 6. The molecule has 0 spiro atoms. The van der Waals surface area contributed by atoms with E-state index in [1.54, 1.807) is 58.3 Å². The number of likely N-dealkylation sites (tertiary alicyclic amines) is 2. The molecule has 10 rings (SSSR count). The summed E-state index contributed by atoms with van der Waals surface area (Å²) in [7, 11) is 0. The molecule has 64 heavy (non-hydrogen) atoms. The number of aromatic amines is 2. The summed E-state index contributed by atoms with van der Waals surface area (Å²) in [4.78, 5) is 71.5. The minimum absolute atomic E-state index is 0.308. The average molecular weight is 853 g/mol. The molecule has 0 aliphatic carbocycles. The van der Waals surface area contributed by atoms with Gasteiger partial charge in [0.2, 0.25) is 0 Å². The molecule has 6 aromatic carbocycles. The van der Waals surface area contributed by atoms with E-state index in [0.29, 0.717) is 48.7 Å². The molecular weight excluding hydrogens is 809 g/mol. The summed E-state index contributed by atoms with van der Waals surface area (Å²) in [5.41, 5.74) is 8.44. The molecule has 2 saturated heterocycles. The van der Waals surface area contributed by atoms with E-state index in [9.17, 15) is 29.4 Å². The highest BCUT2D eigenvalue weighted by molar-refractivity contribution is 5.94. The van der Waals surface area contributed by atoms with Crippen molar-refractivity contribution >= 4 is 56.8 Å². The predicted octanol–water partition coefficient (Wildman–Crippen LogP) is 9.27. The van der Waals surface area contributed by atoms with Crippen molar-refractivity contribution in [1.82, 2.24) is 40.4 Å². The van der Waals surface area contributed by atoms with Crippen LogP contribution in [0.4, 0.5) is 9.59 Å². The molecule has 0 radical (unpaired) electrons. The van der Waals surface area contributed by atoms with E-state index in [1.165, 1.54) is 0 Å². The van der Waals surface area contributed by atoms with E-state index in [1.807, 2.05) is 36.4 Å². The van der Waals surface area contributed by atoms with E-state index in [4.69, 9.17) is 9.97 Å². The Morgan fingerprint density at radius 2 is 0.938 bits per heavy atom. The number of fused-ring (bicyclic) bond motifs is 3. The number of amides is 4. The molecule has 14 heteroatoms. The summed E-state index contributed by atoms with van der Waals surface area (Å²) < 4.78 is 0. The number of nitrogens with one attached hydrogen (secondary N) is 4. The van der Waals surface area contributed by atoms with Gasteiger partial charge in [0, 0.05) is 13.1 Å². The number of rotatable bonds is 10. The van der Waals surface area contributed by atoms with Crippen molar-refractivity contribution in [2.24, 2.45) is 0 Å². The minimum atomic E-state index is -1.26. The van der Waals surface area contributed by atoms with Crippen molar-refractivity contribution < 1.29 is 29.4 Å². The van der Waals surface area contributed by atoms with Gasteiger partial charge < -0.3 is 40.6 Å². The smallest absolute Gasteiger partial charge is 0.405 e. The van der Waals surface area contributed by atoms with Crippen molar-refractivity contribution in [2.75, 3.05) is 13.1 Å². The second-order valence-corrected chi connectivity index (χ2v) is 16.5. The second-order valence-electron chi connectivity index (χ2n) is 16.5. The Kier molecular flexibility index (Phi) is 10.5. The van der Waals surface area contributed by atoms with Gasteiger partial charge in [0.25, 0.3) is 11.8 Å². The molecule has 4 amide bonds. The van der Waals surface area contributed by atoms with Gasteiger partial charge >= 0.3 is 12.2 Å². The lowest BCUT2D eigenvalue weighted by atomic mass is 9.97. The topological polar surface area (TPSA) is 197 Å². The largest absolute Gasteiger partial charge is 0.465 e. The van der Waals surface area contributed by atoms with Crippen molar-refractivity contribution in [3.05, 3.63) is 156 Å². The first kappa shape index (κ1) is 40.1. The fourth-order valence-corrected chi connectivity index (χ4v) is 9.41. The summed E-state index contributed by atoms with van der Waals surface area (Å²) >= 11 is 0. The van der Waals surface area contributed by atoms with Crippen molar-refractivity contribution in [2.45, 2.75) is 49.9 Å². The molecule has 320 valence electrons. The van der Waals surface area contributed by atoms with E-state index in [0.717, 1.165) is 67.9 Å². The zero-order valence-electron chi connectivity index (χ0n) is 34.6. The van der Waals surface area contributed by atoms with Gasteiger partial charge in [0.05, 0.1) is 34.2 Å². The van der Waals surface area contributed by atoms with Gasteiger partial charge in [-0.15, -0.1) is 0 Å². The summed E-state index contributed by atoms with van der Waals surface area (Å²) in [6.07, 6.45) is 0.434. The number of imidazole rings is 2. The molecule has 0 unspecified atom stereocenters. The number of hydrogen-bond donors (Lipinski definition) is 6. The van der Waals surface area contributed by atoms with Crippen LogP contribution in [0.2, 0.25) is 0 Å². The highest BCUT2D eigenvalue weighted by atomic mass is 16.4. The average Bonchev–Trinajstić information content (AvgIpc) is 4.15. The Labute approximate surface area is 367 Å². The van der Waals surface area contributed by atoms with Crippen LogP contribution < -0.4 is 10.6 Å². The maximum absolute atomic E-state index is 13.9. The highest BCUT2D eigenvalue weighted by Gasteiger charge is 2.38. The predicted molar refractivity (Wildman–Crippen MR) is 242 cm³/mol. The number of carbonyl (C=O) groups excluding carboxylic acids is 2. The molecule has 0 saturated carbocycles. The molecule has 0 bridgehead atoms. The van der Waals surface area contributed by atoms with E-state index in [-0.39, 0.29) is 23.9 Å². The standard InChI is InChI=1S/C50H44N8O6/c59-47(43(55-49(61)62)30-9-3-1-4-10-30)57-23-7-13-41(57)45-51-37-21-19-34(27-39(37)53-45)32-17-15-29-16-18-33(26-36(29)25-32)35-20-22-38-40(28-35)54-46(52-38)42-14-8-24-58(42)48(60)44(56-50(63)64)31-11-5-2-6-12-31/h1-6,9-12,15-22,25-28,41-44,55-56H,7-8,13-14,23-24H2,(H,51,53)(H,52,54)(H,61,62)(H,63,64)/t41-,42-,43+,44+/m0/s1. The third-order valence-electron chi connectivity index (χ3n) is 12.5. The third kappa shape index (κ3) is 7.74. The molecule has 6 N–H and O–H groups in total. The SMILES string of the molecule is O=C(O)N[C@@H](C(=O)N1CCC[C@H]1c1nc2cc(-c3ccc4ccc(-c5ccc6[nH]c([C@@H]7CCCN7C(=O)[C@H](NC(=O)O)c7ccccc7)nc6c5)cc4c3)ccc2[nH]1)c1ccccc1. The monoisotopic (exact) mass is 852 g/mol. The third-order valence-corrected chi connectivity index (χ3v) is 12.5. The Morgan fingerprint density at radius 3 is 1.36 bits per heavy atom. The van der Waals surface area contributed by atoms with Crippen LogP contribution in [-0.4, -0.2) is 77.0 Å². The van der Waals surface area contributed by atoms with Crippen LogP contribution in [0, 0.1) is 0 Å². The minimum Gasteiger partial charge on any atom is -0.465 e. The number of aromatic nitrogens is 4. The lowest BCUT2D eigenvalue weighted by Gasteiger charge is -2.28. The van der Waals surface area contributed by atoms with Gasteiger partial charge in [0.1, 0.15) is 23.7 Å². The molecule has 2 aliphatic heterocycles. The second kappa shape index (κ2) is 16.7. The maximum atomic E-state index is 13.9. The molecular formula is C50H44N8O6. The van der Waals surface area contributed by atoms with Crippen LogP contribution in [0.1, 0.15) is 72.6 Å². The molecule has 2 fully saturated rings. The van der Waals surface area contributed by atoms with Gasteiger partial charge in [-0.3, -0.25) is 9.59 Å². The van der Waals surface area contributed by atoms with Gasteiger partial charge in [-0.05, 0) is 106 Å². The Balaban J connectivity index is 0.887. The fourth-order valence-electron chi connectivity index (χ4n) is 9.41. The quantitative estimate of drug-likeness (QED) is 0.0783. The zero-order valence-corrected chi connectivity index (χ0v) is 34.6. The van der Waals surface area contributed by atoms with Gasteiger partial charge in [-0.1, -0.05) is 97.1 Å². The number of carboxylic acid groups (broad SMARTS) is 2. The molecule has 4 atom stereocenters. The van der Waals surface area contributed by atoms with Crippen LogP contribution in [0.15, 0.2) is 133 Å². The van der Waals surface area contributed by atoms with Crippen LogP contribution in [-0.2, 0) is 9.59 Å². The van der Waals surface area contributed by atoms with Crippen LogP contribution >= 0.6 is 0 Å². The van der Waals surface area contributed by atoms with Crippen molar-refractivity contribution in [1.29, 1.82) is 0 Å². The summed E-state index contributed by atoms with van der Waals surface area (Å²) in [6.45, 7) is 0.998. The van der Waals surface area contributed by atoms with Crippen LogP contribution in [0.5, 0.6) is 0 Å². The zero-order chi connectivity index (χ0) is 43.9. The van der Waals surface area contributed by atoms with E-state index < -0.39 is 24.3 Å². The molecule has 2 aromatic heterocycles. The van der Waals surface area contributed by atoms with Crippen LogP contribution in [0.25, 0.3) is 55.1 Å². The first-order valence-electron chi connectivity index (χ1n) is 21.4. The number of benzene rings is 6. The number of nitrogens with zero attached hydrogens (tertiary/aromatic N) is 4. The van der Waals surface area contributed by atoms with E-state index >= 15 is 0 Å². The Hall–Kier alpha value is -8.00. The Morgan fingerprint density at radius 1 is 0.531 bits per heavy atom.